The molecule has 1 unspecified atom stereocenters. The fourth-order valence-electron chi connectivity index (χ4n) is 2.47. The summed E-state index contributed by atoms with van der Waals surface area (Å²) in [5.41, 5.74) is 2.40. The molecule has 5 heteroatoms. The Kier molecular flexibility index (Phi) is 7.93. The minimum Gasteiger partial charge on any atom is -0.493 e. The molecule has 26 heavy (non-hydrogen) atoms. The van der Waals surface area contributed by atoms with Crippen molar-refractivity contribution in [2.45, 2.75) is 33.2 Å². The fraction of sp³-hybridized carbons (Fsp3) is 0.429. The van der Waals surface area contributed by atoms with E-state index in [2.05, 4.69) is 59.6 Å². The molecule has 140 valence electrons. The largest absolute Gasteiger partial charge is 0.493 e. The van der Waals surface area contributed by atoms with Gasteiger partial charge in [-0.2, -0.15) is 0 Å². The molecular weight excluding hydrogens is 324 g/mol. The van der Waals surface area contributed by atoms with Gasteiger partial charge >= 0.3 is 0 Å². The second-order valence-electron chi connectivity index (χ2n) is 6.75. The third kappa shape index (κ3) is 6.75. The van der Waals surface area contributed by atoms with Crippen molar-refractivity contribution in [3.63, 3.8) is 0 Å². The first-order valence-corrected chi connectivity index (χ1v) is 9.17. The lowest BCUT2D eigenvalue weighted by atomic mass is 10.1. The van der Waals surface area contributed by atoms with Crippen molar-refractivity contribution >= 4 is 5.96 Å². The van der Waals surface area contributed by atoms with Crippen molar-refractivity contribution in [2.75, 3.05) is 20.2 Å². The van der Waals surface area contributed by atoms with Crippen LogP contribution in [0, 0.1) is 5.92 Å². The van der Waals surface area contributed by atoms with Gasteiger partial charge < -0.3 is 15.4 Å². The smallest absolute Gasteiger partial charge is 0.191 e. The van der Waals surface area contributed by atoms with E-state index in [1.165, 1.54) is 11.1 Å². The Balaban J connectivity index is 1.81. The van der Waals surface area contributed by atoms with Gasteiger partial charge in [-0.15, -0.1) is 0 Å². The summed E-state index contributed by atoms with van der Waals surface area (Å²) in [6.07, 6.45) is 4.59. The zero-order valence-corrected chi connectivity index (χ0v) is 16.2. The number of hydrogen-bond donors (Lipinski definition) is 2. The van der Waals surface area contributed by atoms with Crippen molar-refractivity contribution in [3.05, 3.63) is 59.9 Å². The molecule has 0 spiro atoms. The molecule has 1 aromatic heterocycles. The average molecular weight is 354 g/mol. The highest BCUT2D eigenvalue weighted by molar-refractivity contribution is 5.80. The van der Waals surface area contributed by atoms with E-state index in [0.29, 0.717) is 5.92 Å². The fourth-order valence-corrected chi connectivity index (χ4v) is 2.47. The first-order chi connectivity index (χ1) is 12.6. The molecule has 5 nitrogen and oxygen atoms in total. The summed E-state index contributed by atoms with van der Waals surface area (Å²) in [5, 5.41) is 6.77. The number of ether oxygens (including phenoxy) is 1. The Morgan fingerprint density at radius 3 is 2.54 bits per heavy atom. The summed E-state index contributed by atoms with van der Waals surface area (Å²) in [6, 6.07) is 12.4. The number of nitrogens with one attached hydrogen (secondary N) is 2. The molecule has 1 atom stereocenters. The zero-order chi connectivity index (χ0) is 18.8. The molecule has 0 aliphatic heterocycles. The summed E-state index contributed by atoms with van der Waals surface area (Å²) in [7, 11) is 1.79. The quantitative estimate of drug-likeness (QED) is 0.562. The molecule has 0 aliphatic carbocycles. The van der Waals surface area contributed by atoms with Gasteiger partial charge in [0.15, 0.2) is 5.96 Å². The third-order valence-electron chi connectivity index (χ3n) is 3.97. The van der Waals surface area contributed by atoms with E-state index in [0.717, 1.165) is 31.3 Å². The van der Waals surface area contributed by atoms with Crippen LogP contribution in [-0.4, -0.2) is 31.1 Å². The number of guanidine groups is 1. The van der Waals surface area contributed by atoms with Crippen LogP contribution in [-0.2, 0) is 6.42 Å². The Bertz CT molecular complexity index is 668. The van der Waals surface area contributed by atoms with Crippen molar-refractivity contribution in [2.24, 2.45) is 10.9 Å². The Hall–Kier alpha value is -2.56. The van der Waals surface area contributed by atoms with Crippen LogP contribution < -0.4 is 15.4 Å². The number of benzene rings is 1. The number of aliphatic imine (C=N–C) groups is 1. The molecule has 2 aromatic rings. The summed E-state index contributed by atoms with van der Waals surface area (Å²) in [5.74, 6) is 2.23. The van der Waals surface area contributed by atoms with Gasteiger partial charge in [-0.3, -0.25) is 9.98 Å². The number of nitrogens with zero attached hydrogens (tertiary/aromatic N) is 2. The van der Waals surface area contributed by atoms with Crippen LogP contribution in [0.2, 0.25) is 0 Å². The van der Waals surface area contributed by atoms with E-state index < -0.39 is 0 Å². The predicted octanol–water partition coefficient (Wildman–Crippen LogP) is 3.59. The minimum atomic E-state index is 0.152. The number of rotatable bonds is 8. The molecule has 1 aromatic carbocycles. The Labute approximate surface area is 156 Å². The van der Waals surface area contributed by atoms with Gasteiger partial charge in [0.05, 0.1) is 12.6 Å². The predicted molar refractivity (Wildman–Crippen MR) is 108 cm³/mol. The van der Waals surface area contributed by atoms with E-state index in [-0.39, 0.29) is 6.04 Å². The SMILES string of the molecule is CN=C(NCCc1cccnc1)NC(C)c1ccc(OCC(C)C)cc1. The van der Waals surface area contributed by atoms with Crippen LogP contribution >= 0.6 is 0 Å². The molecular formula is C21H30N4O. The second kappa shape index (κ2) is 10.4. The van der Waals surface area contributed by atoms with Crippen LogP contribution in [0.4, 0.5) is 0 Å². The summed E-state index contributed by atoms with van der Waals surface area (Å²) in [6.45, 7) is 7.96. The topological polar surface area (TPSA) is 58.5 Å². The monoisotopic (exact) mass is 354 g/mol. The third-order valence-corrected chi connectivity index (χ3v) is 3.97. The van der Waals surface area contributed by atoms with Gasteiger partial charge in [0.25, 0.3) is 0 Å². The zero-order valence-electron chi connectivity index (χ0n) is 16.2. The normalized spacial score (nSPS) is 12.7. The number of hydrogen-bond acceptors (Lipinski definition) is 3. The van der Waals surface area contributed by atoms with Crippen molar-refractivity contribution < 1.29 is 4.74 Å². The molecule has 2 N–H and O–H groups in total. The first kappa shape index (κ1) is 19.8. The Morgan fingerprint density at radius 1 is 1.15 bits per heavy atom. The summed E-state index contributed by atoms with van der Waals surface area (Å²) in [4.78, 5) is 8.44. The highest BCUT2D eigenvalue weighted by Crippen LogP contribution is 2.18. The molecule has 1 heterocycles. The van der Waals surface area contributed by atoms with E-state index in [9.17, 15) is 0 Å². The number of aromatic nitrogens is 1. The lowest BCUT2D eigenvalue weighted by Crippen LogP contribution is -2.39. The molecule has 0 saturated carbocycles. The van der Waals surface area contributed by atoms with Crippen LogP contribution in [0.5, 0.6) is 5.75 Å². The maximum absolute atomic E-state index is 5.74. The van der Waals surface area contributed by atoms with Crippen LogP contribution in [0.3, 0.4) is 0 Å². The van der Waals surface area contributed by atoms with Gasteiger partial charge in [0.2, 0.25) is 0 Å². The van der Waals surface area contributed by atoms with Crippen LogP contribution in [0.25, 0.3) is 0 Å². The van der Waals surface area contributed by atoms with Gasteiger partial charge in [-0.1, -0.05) is 32.0 Å². The van der Waals surface area contributed by atoms with E-state index in [1.807, 2.05) is 24.4 Å². The van der Waals surface area contributed by atoms with Gasteiger partial charge in [0, 0.05) is 26.0 Å². The molecule has 0 amide bonds. The van der Waals surface area contributed by atoms with E-state index in [4.69, 9.17) is 4.74 Å². The van der Waals surface area contributed by atoms with Gasteiger partial charge in [0.1, 0.15) is 5.75 Å². The van der Waals surface area contributed by atoms with E-state index in [1.54, 1.807) is 13.2 Å². The highest BCUT2D eigenvalue weighted by atomic mass is 16.5. The maximum Gasteiger partial charge on any atom is 0.191 e. The molecule has 0 radical (unpaired) electrons. The van der Waals surface area contributed by atoms with Crippen molar-refractivity contribution in [1.82, 2.24) is 15.6 Å². The lowest BCUT2D eigenvalue weighted by molar-refractivity contribution is 0.271. The van der Waals surface area contributed by atoms with Gasteiger partial charge in [-0.25, -0.2) is 0 Å². The first-order valence-electron chi connectivity index (χ1n) is 9.17. The maximum atomic E-state index is 5.74. The van der Waals surface area contributed by atoms with E-state index >= 15 is 0 Å². The molecule has 2 rings (SSSR count). The van der Waals surface area contributed by atoms with Crippen LogP contribution in [0.15, 0.2) is 53.8 Å². The molecule has 0 fully saturated rings. The average Bonchev–Trinajstić information content (AvgIpc) is 2.66. The minimum absolute atomic E-state index is 0.152. The standard InChI is InChI=1S/C21H30N4O/c1-16(2)15-26-20-9-7-19(8-10-20)17(3)25-21(22-4)24-13-11-18-6-5-12-23-14-18/h5-10,12,14,16-17H,11,13,15H2,1-4H3,(H2,22,24,25). The Morgan fingerprint density at radius 2 is 1.92 bits per heavy atom. The lowest BCUT2D eigenvalue weighted by Gasteiger charge is -2.19. The van der Waals surface area contributed by atoms with Gasteiger partial charge in [-0.05, 0) is 48.6 Å². The highest BCUT2D eigenvalue weighted by Gasteiger charge is 2.08. The molecule has 0 saturated heterocycles. The summed E-state index contributed by atoms with van der Waals surface area (Å²) < 4.78 is 5.74. The van der Waals surface area contributed by atoms with Crippen molar-refractivity contribution in [1.29, 1.82) is 0 Å². The molecule has 0 aliphatic rings. The molecule has 0 bridgehead atoms. The van der Waals surface area contributed by atoms with Crippen molar-refractivity contribution in [3.8, 4) is 5.75 Å². The van der Waals surface area contributed by atoms with Crippen LogP contribution in [0.1, 0.15) is 37.9 Å². The summed E-state index contributed by atoms with van der Waals surface area (Å²) >= 11 is 0. The second-order valence-corrected chi connectivity index (χ2v) is 6.75. The number of pyridine rings is 1.